The second-order valence-electron chi connectivity index (χ2n) is 7.56. The number of amides is 1. The molecule has 7 nitrogen and oxygen atoms in total. The summed E-state index contributed by atoms with van der Waals surface area (Å²) in [7, 11) is -1.61. The lowest BCUT2D eigenvalue weighted by atomic mass is 10.0. The first-order chi connectivity index (χ1) is 12.2. The fourth-order valence-electron chi connectivity index (χ4n) is 3.36. The molecule has 0 saturated carbocycles. The van der Waals surface area contributed by atoms with E-state index in [2.05, 4.69) is 4.90 Å². The average molecular weight is 381 g/mol. The lowest BCUT2D eigenvalue weighted by molar-refractivity contribution is -0.0370. The van der Waals surface area contributed by atoms with Crippen molar-refractivity contribution in [1.29, 1.82) is 0 Å². The van der Waals surface area contributed by atoms with Crippen molar-refractivity contribution < 1.29 is 17.9 Å². The van der Waals surface area contributed by atoms with Gasteiger partial charge in [-0.15, -0.1) is 0 Å². The minimum atomic E-state index is -3.59. The number of benzene rings is 1. The highest BCUT2D eigenvalue weighted by atomic mass is 32.2. The number of hydrogen-bond donors (Lipinski definition) is 0. The Morgan fingerprint density at radius 3 is 2.46 bits per heavy atom. The number of nitrogens with zero attached hydrogens (tertiary/aromatic N) is 3. The number of sulfonamides is 1. The topological polar surface area (TPSA) is 70.2 Å². The third kappa shape index (κ3) is 3.78. The quantitative estimate of drug-likeness (QED) is 0.777. The highest BCUT2D eigenvalue weighted by Gasteiger charge is 2.35. The first-order valence-corrected chi connectivity index (χ1v) is 10.3. The second-order valence-corrected chi connectivity index (χ2v) is 9.49. The van der Waals surface area contributed by atoms with Crippen LogP contribution in [0.15, 0.2) is 29.2 Å². The Kier molecular flexibility index (Phi) is 5.39. The van der Waals surface area contributed by atoms with Crippen molar-refractivity contribution in [2.24, 2.45) is 0 Å². The van der Waals surface area contributed by atoms with Gasteiger partial charge in [0.15, 0.2) is 0 Å². The summed E-state index contributed by atoms with van der Waals surface area (Å²) < 4.78 is 32.8. The largest absolute Gasteiger partial charge is 0.377 e. The summed E-state index contributed by atoms with van der Waals surface area (Å²) in [5.41, 5.74) is -0.0167. The van der Waals surface area contributed by atoms with Crippen LogP contribution in [0.3, 0.4) is 0 Å². The maximum Gasteiger partial charge on any atom is 0.254 e. The normalized spacial score (nSPS) is 22.3. The van der Waals surface area contributed by atoms with Crippen molar-refractivity contribution in [3.8, 4) is 0 Å². The monoisotopic (exact) mass is 381 g/mol. The van der Waals surface area contributed by atoms with Crippen LogP contribution in [0.1, 0.15) is 24.2 Å². The molecule has 0 bridgehead atoms. The minimum Gasteiger partial charge on any atom is -0.377 e. The number of hydrogen-bond acceptors (Lipinski definition) is 5. The van der Waals surface area contributed by atoms with Crippen LogP contribution < -0.4 is 0 Å². The number of rotatable bonds is 3. The molecule has 0 unspecified atom stereocenters. The number of carbonyl (C=O) groups is 1. The Morgan fingerprint density at radius 1 is 1.12 bits per heavy atom. The Bertz CT molecular complexity index is 770. The van der Waals surface area contributed by atoms with Crippen LogP contribution in [0.5, 0.6) is 0 Å². The molecular weight excluding hydrogens is 354 g/mol. The Morgan fingerprint density at radius 2 is 1.81 bits per heavy atom. The second kappa shape index (κ2) is 7.26. The Hall–Kier alpha value is -1.48. The highest BCUT2D eigenvalue weighted by molar-refractivity contribution is 7.89. The number of morpholine rings is 1. The van der Waals surface area contributed by atoms with E-state index in [1.54, 1.807) is 23.1 Å². The molecule has 2 saturated heterocycles. The SMILES string of the molecule is CN1CCN(S(=O)(=O)c2cccc(C(=O)N3CCOCC3(C)C)c2)CC1. The summed E-state index contributed by atoms with van der Waals surface area (Å²) in [4.78, 5) is 17.0. The van der Waals surface area contributed by atoms with Gasteiger partial charge in [0.2, 0.25) is 10.0 Å². The zero-order valence-corrected chi connectivity index (χ0v) is 16.5. The fourth-order valence-corrected chi connectivity index (χ4v) is 4.83. The van der Waals surface area contributed by atoms with Crippen LogP contribution in [0.25, 0.3) is 0 Å². The predicted octanol–water partition coefficient (Wildman–Crippen LogP) is 0.874. The van der Waals surface area contributed by atoms with Gasteiger partial charge in [-0.25, -0.2) is 8.42 Å². The standard InChI is InChI=1S/C18H27N3O4S/c1-18(2)14-25-12-11-21(18)17(22)15-5-4-6-16(13-15)26(23,24)20-9-7-19(3)8-10-20/h4-6,13H,7-12,14H2,1-3H3. The maximum absolute atomic E-state index is 13.0. The van der Waals surface area contributed by atoms with Gasteiger partial charge in [-0.05, 0) is 39.1 Å². The fraction of sp³-hybridized carbons (Fsp3) is 0.611. The van der Waals surface area contributed by atoms with Gasteiger partial charge in [0, 0.05) is 38.3 Å². The van der Waals surface area contributed by atoms with Crippen molar-refractivity contribution in [2.75, 3.05) is 53.0 Å². The van der Waals surface area contributed by atoms with Crippen molar-refractivity contribution >= 4 is 15.9 Å². The molecule has 8 heteroatoms. The van der Waals surface area contributed by atoms with Crippen molar-refractivity contribution in [2.45, 2.75) is 24.3 Å². The molecule has 1 aromatic carbocycles. The molecule has 0 aromatic heterocycles. The molecular formula is C18H27N3O4S. The number of likely N-dealkylation sites (N-methyl/N-ethyl adjacent to an activating group) is 1. The third-order valence-corrected chi connectivity index (χ3v) is 6.97. The van der Waals surface area contributed by atoms with E-state index in [1.807, 2.05) is 20.9 Å². The molecule has 0 atom stereocenters. The van der Waals surface area contributed by atoms with Crippen molar-refractivity contribution in [1.82, 2.24) is 14.1 Å². The molecule has 3 rings (SSSR count). The maximum atomic E-state index is 13.0. The highest BCUT2D eigenvalue weighted by Crippen LogP contribution is 2.24. The zero-order chi connectivity index (χ0) is 18.9. The van der Waals surface area contributed by atoms with E-state index < -0.39 is 15.6 Å². The van der Waals surface area contributed by atoms with E-state index >= 15 is 0 Å². The van der Waals surface area contributed by atoms with Crippen LogP contribution in [0.2, 0.25) is 0 Å². The molecule has 0 spiro atoms. The van der Waals surface area contributed by atoms with Gasteiger partial charge < -0.3 is 14.5 Å². The van der Waals surface area contributed by atoms with E-state index in [4.69, 9.17) is 4.74 Å². The molecule has 1 amide bonds. The summed E-state index contributed by atoms with van der Waals surface area (Å²) >= 11 is 0. The summed E-state index contributed by atoms with van der Waals surface area (Å²) in [5.74, 6) is -0.159. The van der Waals surface area contributed by atoms with Crippen molar-refractivity contribution in [3.05, 3.63) is 29.8 Å². The molecule has 144 valence electrons. The molecule has 0 radical (unpaired) electrons. The van der Waals surface area contributed by atoms with Crippen molar-refractivity contribution in [3.63, 3.8) is 0 Å². The van der Waals surface area contributed by atoms with Gasteiger partial charge >= 0.3 is 0 Å². The smallest absolute Gasteiger partial charge is 0.254 e. The van der Waals surface area contributed by atoms with Crippen LogP contribution in [0, 0.1) is 0 Å². The summed E-state index contributed by atoms with van der Waals surface area (Å²) in [6, 6.07) is 6.39. The van der Waals surface area contributed by atoms with Gasteiger partial charge in [0.05, 0.1) is 23.6 Å². The van der Waals surface area contributed by atoms with Gasteiger partial charge in [-0.1, -0.05) is 6.07 Å². The Balaban J connectivity index is 1.85. The molecule has 2 aliphatic heterocycles. The summed E-state index contributed by atoms with van der Waals surface area (Å²) in [6.07, 6.45) is 0. The van der Waals surface area contributed by atoms with Crippen LogP contribution >= 0.6 is 0 Å². The van der Waals surface area contributed by atoms with E-state index in [0.717, 1.165) is 0 Å². The zero-order valence-electron chi connectivity index (χ0n) is 15.6. The summed E-state index contributed by atoms with van der Waals surface area (Å²) in [5, 5.41) is 0. The minimum absolute atomic E-state index is 0.159. The average Bonchev–Trinajstić information content (AvgIpc) is 2.61. The van der Waals surface area contributed by atoms with E-state index in [1.165, 1.54) is 10.4 Å². The molecule has 2 fully saturated rings. The van der Waals surface area contributed by atoms with E-state index in [9.17, 15) is 13.2 Å². The molecule has 2 heterocycles. The Labute approximate surface area is 155 Å². The lowest BCUT2D eigenvalue weighted by Crippen LogP contribution is -2.55. The molecule has 26 heavy (non-hydrogen) atoms. The predicted molar refractivity (Wildman–Crippen MR) is 98.6 cm³/mol. The van der Waals surface area contributed by atoms with Gasteiger partial charge in [0.1, 0.15) is 0 Å². The molecule has 0 N–H and O–H groups in total. The van der Waals surface area contributed by atoms with Gasteiger partial charge in [0.25, 0.3) is 5.91 Å². The van der Waals surface area contributed by atoms with Gasteiger partial charge in [-0.3, -0.25) is 4.79 Å². The van der Waals surface area contributed by atoms with Crippen LogP contribution in [0.4, 0.5) is 0 Å². The number of carbonyl (C=O) groups excluding carboxylic acids is 1. The van der Waals surface area contributed by atoms with Crippen LogP contribution in [-0.4, -0.2) is 87.0 Å². The van der Waals surface area contributed by atoms with E-state index in [0.29, 0.717) is 51.5 Å². The first-order valence-electron chi connectivity index (χ1n) is 8.90. The third-order valence-electron chi connectivity index (χ3n) is 5.07. The summed E-state index contributed by atoms with van der Waals surface area (Å²) in [6.45, 7) is 7.72. The van der Waals surface area contributed by atoms with Gasteiger partial charge in [-0.2, -0.15) is 4.31 Å². The number of ether oxygens (including phenoxy) is 1. The molecule has 2 aliphatic rings. The van der Waals surface area contributed by atoms with E-state index in [-0.39, 0.29) is 10.8 Å². The van der Waals surface area contributed by atoms with Crippen LogP contribution in [-0.2, 0) is 14.8 Å². The first kappa shape index (κ1) is 19.3. The molecule has 0 aliphatic carbocycles. The molecule has 1 aromatic rings. The number of piperazine rings is 1. The lowest BCUT2D eigenvalue weighted by Gasteiger charge is -2.42.